The van der Waals surface area contributed by atoms with Crippen molar-refractivity contribution in [1.29, 1.82) is 0 Å². The second-order valence-electron chi connectivity index (χ2n) is 7.15. The molecule has 0 fully saturated rings. The number of para-hydroxylation sites is 2. The number of hydrogen-bond donors (Lipinski definition) is 1. The van der Waals surface area contributed by atoms with E-state index in [0.29, 0.717) is 0 Å². The first-order valence-corrected chi connectivity index (χ1v) is 10.1. The van der Waals surface area contributed by atoms with Gasteiger partial charge in [0.1, 0.15) is 6.54 Å². The van der Waals surface area contributed by atoms with E-state index in [1.54, 1.807) is 0 Å². The van der Waals surface area contributed by atoms with Gasteiger partial charge in [0.25, 0.3) is 0 Å². The lowest BCUT2D eigenvalue weighted by Gasteiger charge is -2.35. The van der Waals surface area contributed by atoms with Gasteiger partial charge in [-0.15, -0.1) is 0 Å². The van der Waals surface area contributed by atoms with Crippen molar-refractivity contribution in [2.45, 2.75) is 27.3 Å². The van der Waals surface area contributed by atoms with Gasteiger partial charge in [-0.05, 0) is 32.9 Å². The Hall–Kier alpha value is -2.29. The number of nitrogens with zero attached hydrogens (tertiary/aromatic N) is 1. The Bertz CT molecular complexity index is 913. The van der Waals surface area contributed by atoms with Crippen molar-refractivity contribution in [3.63, 3.8) is 0 Å². The van der Waals surface area contributed by atoms with Crippen LogP contribution in [0.2, 0.25) is 0 Å². The van der Waals surface area contributed by atoms with Gasteiger partial charge in [0.05, 0.1) is 19.6 Å². The molecule has 3 aromatic carbocycles. The number of benzene rings is 3. The molecular formula is C25H31ClN2. The van der Waals surface area contributed by atoms with Crippen LogP contribution in [0.1, 0.15) is 26.3 Å². The summed E-state index contributed by atoms with van der Waals surface area (Å²) in [5, 5.41) is 2.61. The van der Waals surface area contributed by atoms with E-state index >= 15 is 0 Å². The van der Waals surface area contributed by atoms with Crippen molar-refractivity contribution >= 4 is 21.8 Å². The maximum absolute atomic E-state index is 3.38. The van der Waals surface area contributed by atoms with Crippen LogP contribution in [0.5, 0.6) is 0 Å². The summed E-state index contributed by atoms with van der Waals surface area (Å²) in [5.41, 5.74) is 3.88. The molecule has 0 unspecified atom stereocenters. The fourth-order valence-electron chi connectivity index (χ4n) is 3.78. The number of H-pyrrole nitrogens is 1. The van der Waals surface area contributed by atoms with Gasteiger partial charge in [0.15, 0.2) is 0 Å². The van der Waals surface area contributed by atoms with Crippen molar-refractivity contribution in [2.24, 2.45) is 0 Å². The zero-order valence-corrected chi connectivity index (χ0v) is 17.9. The lowest BCUT2D eigenvalue weighted by atomic mass is 10.2. The molecule has 4 rings (SSSR count). The topological polar surface area (TPSA) is 15.8 Å². The average molecular weight is 395 g/mol. The van der Waals surface area contributed by atoms with Crippen LogP contribution in [0, 0.1) is 0 Å². The van der Waals surface area contributed by atoms with Crippen molar-refractivity contribution in [2.75, 3.05) is 19.6 Å². The minimum absolute atomic E-state index is 0. The van der Waals surface area contributed by atoms with E-state index in [1.807, 2.05) is 0 Å². The fourth-order valence-corrected chi connectivity index (χ4v) is 3.78. The molecule has 0 spiro atoms. The molecule has 0 saturated carbocycles. The molecule has 2 nitrogen and oxygen atoms in total. The molecule has 28 heavy (non-hydrogen) atoms. The first-order valence-electron chi connectivity index (χ1n) is 10.1. The molecule has 0 aliphatic rings. The summed E-state index contributed by atoms with van der Waals surface area (Å²) in [6, 6.07) is 27.6. The summed E-state index contributed by atoms with van der Waals surface area (Å²) in [7, 11) is 0. The molecular weight excluding hydrogens is 364 g/mol. The Morgan fingerprint density at radius 3 is 1.50 bits per heavy atom. The monoisotopic (exact) mass is 394 g/mol. The highest BCUT2D eigenvalue weighted by Crippen LogP contribution is 2.24. The summed E-state index contributed by atoms with van der Waals surface area (Å²) in [6.45, 7) is 11.7. The van der Waals surface area contributed by atoms with E-state index in [2.05, 4.69) is 105 Å². The van der Waals surface area contributed by atoms with E-state index < -0.39 is 0 Å². The number of aromatic amines is 1. The average Bonchev–Trinajstić information content (AvgIpc) is 3.12. The molecule has 0 saturated heterocycles. The van der Waals surface area contributed by atoms with Crippen molar-refractivity contribution in [3.05, 3.63) is 84.4 Å². The van der Waals surface area contributed by atoms with E-state index in [0.717, 1.165) is 0 Å². The molecule has 1 heterocycles. The normalized spacial score (nSPS) is 11.0. The van der Waals surface area contributed by atoms with Gasteiger partial charge in [0.2, 0.25) is 0 Å². The first-order chi connectivity index (χ1) is 13.2. The minimum Gasteiger partial charge on any atom is -1.00 e. The minimum atomic E-state index is 0. The molecule has 0 atom stereocenters. The second kappa shape index (κ2) is 10.3. The van der Waals surface area contributed by atoms with E-state index in [9.17, 15) is 0 Å². The smallest absolute Gasteiger partial charge is 0.104 e. The summed E-state index contributed by atoms with van der Waals surface area (Å²) >= 11 is 0. The van der Waals surface area contributed by atoms with Gasteiger partial charge < -0.3 is 21.9 Å². The zero-order valence-electron chi connectivity index (χ0n) is 17.2. The SMILES string of the molecule is CC[N+](CC)(CC)Cc1ccccc1.[Cl-].c1ccc2c(c1)[nH]c1ccccc12. The van der Waals surface area contributed by atoms with E-state index in [1.165, 1.54) is 58.0 Å². The Balaban J connectivity index is 0.000000193. The lowest BCUT2D eigenvalue weighted by molar-refractivity contribution is -0.936. The standard InChI is InChI=1S/C13H22N.C12H9N.ClH/c1-4-14(5-2,6-3)12-13-10-8-7-9-11-13;1-3-7-11-9(5-1)10-6-2-4-8-12(10)13-11;/h7-11H,4-6,12H2,1-3H3;1-8,13H;1H/q+1;;/p-1. The maximum Gasteiger partial charge on any atom is 0.104 e. The summed E-state index contributed by atoms with van der Waals surface area (Å²) < 4.78 is 1.20. The van der Waals surface area contributed by atoms with Crippen molar-refractivity contribution in [3.8, 4) is 0 Å². The molecule has 1 aromatic heterocycles. The Kier molecular flexibility index (Phi) is 8.10. The molecule has 0 aliphatic carbocycles. The number of halogens is 1. The van der Waals surface area contributed by atoms with Gasteiger partial charge in [-0.2, -0.15) is 0 Å². The highest BCUT2D eigenvalue weighted by atomic mass is 35.5. The highest BCUT2D eigenvalue weighted by molar-refractivity contribution is 6.06. The third kappa shape index (κ3) is 4.95. The van der Waals surface area contributed by atoms with Gasteiger partial charge in [-0.25, -0.2) is 0 Å². The predicted octanol–water partition coefficient (Wildman–Crippen LogP) is 3.39. The molecule has 148 valence electrons. The predicted molar refractivity (Wildman–Crippen MR) is 118 cm³/mol. The van der Waals surface area contributed by atoms with E-state index in [-0.39, 0.29) is 12.4 Å². The van der Waals surface area contributed by atoms with Crippen LogP contribution in [0.3, 0.4) is 0 Å². The van der Waals surface area contributed by atoms with Crippen LogP contribution in [-0.2, 0) is 6.54 Å². The second-order valence-corrected chi connectivity index (χ2v) is 7.15. The van der Waals surface area contributed by atoms with E-state index in [4.69, 9.17) is 0 Å². The molecule has 3 heteroatoms. The Morgan fingerprint density at radius 1 is 0.607 bits per heavy atom. The number of fused-ring (bicyclic) bond motifs is 3. The molecule has 0 amide bonds. The summed E-state index contributed by atoms with van der Waals surface area (Å²) in [5.74, 6) is 0. The van der Waals surface area contributed by atoms with Gasteiger partial charge in [-0.3, -0.25) is 0 Å². The zero-order chi connectivity index (χ0) is 19.1. The molecule has 4 aromatic rings. The van der Waals surface area contributed by atoms with Crippen molar-refractivity contribution < 1.29 is 16.9 Å². The first kappa shape index (κ1) is 22.0. The number of quaternary nitrogens is 1. The van der Waals surface area contributed by atoms with Crippen LogP contribution in [0.4, 0.5) is 0 Å². The van der Waals surface area contributed by atoms with Gasteiger partial charge in [0, 0.05) is 27.4 Å². The number of hydrogen-bond acceptors (Lipinski definition) is 0. The number of nitrogens with one attached hydrogen (secondary N) is 1. The Labute approximate surface area is 175 Å². The number of aromatic nitrogens is 1. The maximum atomic E-state index is 3.38. The largest absolute Gasteiger partial charge is 1.00 e. The fraction of sp³-hybridized carbons (Fsp3) is 0.280. The molecule has 0 aliphatic heterocycles. The molecule has 0 radical (unpaired) electrons. The third-order valence-corrected chi connectivity index (χ3v) is 5.79. The van der Waals surface area contributed by atoms with Gasteiger partial charge >= 0.3 is 0 Å². The lowest BCUT2D eigenvalue weighted by Crippen LogP contribution is -3.00. The Morgan fingerprint density at radius 2 is 1.04 bits per heavy atom. The van der Waals surface area contributed by atoms with Gasteiger partial charge in [-0.1, -0.05) is 66.7 Å². The summed E-state index contributed by atoms with van der Waals surface area (Å²) in [6.07, 6.45) is 0. The number of rotatable bonds is 5. The van der Waals surface area contributed by atoms with Crippen LogP contribution in [0.15, 0.2) is 78.9 Å². The summed E-state index contributed by atoms with van der Waals surface area (Å²) in [4.78, 5) is 3.38. The third-order valence-electron chi connectivity index (χ3n) is 5.79. The van der Waals surface area contributed by atoms with Crippen LogP contribution >= 0.6 is 0 Å². The quantitative estimate of drug-likeness (QED) is 0.499. The van der Waals surface area contributed by atoms with Crippen LogP contribution < -0.4 is 12.4 Å². The van der Waals surface area contributed by atoms with Crippen LogP contribution in [0.25, 0.3) is 21.8 Å². The molecule has 1 N–H and O–H groups in total. The van der Waals surface area contributed by atoms with Crippen molar-refractivity contribution in [1.82, 2.24) is 4.98 Å². The molecule has 0 bridgehead atoms. The van der Waals surface area contributed by atoms with Crippen LogP contribution in [-0.4, -0.2) is 29.1 Å². The highest BCUT2D eigenvalue weighted by Gasteiger charge is 2.20.